The van der Waals surface area contributed by atoms with Crippen LogP contribution in [0, 0.1) is 19.7 Å². The molecule has 1 fully saturated rings. The van der Waals surface area contributed by atoms with E-state index in [1.807, 2.05) is 36.4 Å². The molecule has 0 saturated carbocycles. The van der Waals surface area contributed by atoms with Crippen LogP contribution >= 0.6 is 11.8 Å². The van der Waals surface area contributed by atoms with Crippen molar-refractivity contribution in [3.63, 3.8) is 0 Å². The van der Waals surface area contributed by atoms with Crippen molar-refractivity contribution in [2.24, 2.45) is 0 Å². The number of nitrogens with zero attached hydrogens (tertiary/aromatic N) is 1. The first kappa shape index (κ1) is 24.3. The number of amides is 1. The average molecular weight is 479 g/mol. The quantitative estimate of drug-likeness (QED) is 0.464. The van der Waals surface area contributed by atoms with Crippen molar-refractivity contribution in [3.05, 3.63) is 94.8 Å². The van der Waals surface area contributed by atoms with Gasteiger partial charge in [0, 0.05) is 35.3 Å². The van der Waals surface area contributed by atoms with Gasteiger partial charge in [0.2, 0.25) is 5.91 Å². The van der Waals surface area contributed by atoms with Crippen molar-refractivity contribution in [1.82, 2.24) is 10.2 Å². The normalized spacial score (nSPS) is 18.1. The highest BCUT2D eigenvalue weighted by Gasteiger charge is 2.37. The molecule has 0 spiro atoms. The third-order valence-corrected chi connectivity index (χ3v) is 7.53. The third-order valence-electron chi connectivity index (χ3n) is 6.31. The van der Waals surface area contributed by atoms with Crippen LogP contribution in [-0.4, -0.2) is 35.8 Å². The Bertz CT molecular complexity index is 1140. The van der Waals surface area contributed by atoms with Gasteiger partial charge in [-0.15, -0.1) is 11.8 Å². The zero-order valence-corrected chi connectivity index (χ0v) is 20.7. The summed E-state index contributed by atoms with van der Waals surface area (Å²) >= 11 is 1.71. The lowest BCUT2D eigenvalue weighted by Crippen LogP contribution is -2.42. The van der Waals surface area contributed by atoms with E-state index < -0.39 is 0 Å². The van der Waals surface area contributed by atoms with Gasteiger partial charge in [-0.2, -0.15) is 0 Å². The van der Waals surface area contributed by atoms with Gasteiger partial charge in [0.05, 0.1) is 13.2 Å². The fourth-order valence-corrected chi connectivity index (χ4v) is 5.66. The van der Waals surface area contributed by atoms with E-state index in [1.165, 1.54) is 28.8 Å². The molecule has 0 bridgehead atoms. The molecule has 3 aromatic rings. The fraction of sp³-hybridized carbons (Fsp3) is 0.321. The van der Waals surface area contributed by atoms with Crippen molar-refractivity contribution in [2.75, 3.05) is 13.7 Å². The third kappa shape index (κ3) is 5.99. The summed E-state index contributed by atoms with van der Waals surface area (Å²) in [6, 6.07) is 20.6. The summed E-state index contributed by atoms with van der Waals surface area (Å²) in [5.41, 5.74) is 4.65. The lowest BCUT2D eigenvalue weighted by molar-refractivity contribution is -0.125. The molecular formula is C28H31FN2O2S. The predicted molar refractivity (Wildman–Crippen MR) is 136 cm³/mol. The van der Waals surface area contributed by atoms with E-state index in [0.29, 0.717) is 6.54 Å². The van der Waals surface area contributed by atoms with Crippen LogP contribution < -0.4 is 10.1 Å². The number of thioether (sulfide) groups is 1. The summed E-state index contributed by atoms with van der Waals surface area (Å²) in [6.07, 6.45) is 0.741. The van der Waals surface area contributed by atoms with Crippen molar-refractivity contribution < 1.29 is 13.9 Å². The minimum absolute atomic E-state index is 0.0263. The average Bonchev–Trinajstić information content (AvgIpc) is 3.23. The van der Waals surface area contributed by atoms with E-state index in [2.05, 4.69) is 42.3 Å². The minimum Gasteiger partial charge on any atom is -0.496 e. The second kappa shape index (κ2) is 11.1. The maximum Gasteiger partial charge on any atom is 0.237 e. The summed E-state index contributed by atoms with van der Waals surface area (Å²) in [5, 5.41) is 3.38. The minimum atomic E-state index is -0.235. The molecule has 1 N–H and O–H groups in total. The Kier molecular flexibility index (Phi) is 7.91. The van der Waals surface area contributed by atoms with Crippen LogP contribution in [0.2, 0.25) is 0 Å². The Balaban J connectivity index is 1.50. The predicted octanol–water partition coefficient (Wildman–Crippen LogP) is 5.50. The molecule has 0 radical (unpaired) electrons. The highest BCUT2D eigenvalue weighted by molar-refractivity contribution is 8.00. The molecule has 1 amide bonds. The number of halogens is 1. The molecule has 1 heterocycles. The highest BCUT2D eigenvalue weighted by atomic mass is 32.2. The molecule has 1 aliphatic heterocycles. The number of benzene rings is 3. The molecule has 1 saturated heterocycles. The Morgan fingerprint density at radius 2 is 1.85 bits per heavy atom. The number of methoxy groups -OCH3 is 1. The second-order valence-electron chi connectivity index (χ2n) is 8.83. The standard InChI is InChI=1S/C28H31FN2O2S/c1-19-8-9-20(2)22(14-19)17-31-18-25(34-24-12-10-23(29)11-13-24)15-26(31)28(32)30-16-21-6-4-5-7-27(21)33-3/h4-14,25-26H,15-18H2,1-3H3,(H,30,32)/t25-,26+/m1/s1. The number of carbonyl (C=O) groups is 1. The first-order valence-electron chi connectivity index (χ1n) is 11.5. The smallest absolute Gasteiger partial charge is 0.237 e. The van der Waals surface area contributed by atoms with Gasteiger partial charge in [-0.25, -0.2) is 4.39 Å². The molecule has 1 aliphatic rings. The SMILES string of the molecule is COc1ccccc1CNC(=O)[C@@H]1C[C@@H](Sc2ccc(F)cc2)CN1Cc1cc(C)ccc1C. The summed E-state index contributed by atoms with van der Waals surface area (Å²) in [6.45, 7) is 6.15. The Hall–Kier alpha value is -2.83. The number of rotatable bonds is 8. The topological polar surface area (TPSA) is 41.6 Å². The Morgan fingerprint density at radius 3 is 2.62 bits per heavy atom. The van der Waals surface area contributed by atoms with Crippen LogP contribution in [0.1, 0.15) is 28.7 Å². The number of carbonyl (C=O) groups excluding carboxylic acids is 1. The molecule has 178 valence electrons. The summed E-state index contributed by atoms with van der Waals surface area (Å²) in [7, 11) is 1.64. The van der Waals surface area contributed by atoms with E-state index in [9.17, 15) is 9.18 Å². The number of likely N-dealkylation sites (tertiary alicyclic amines) is 1. The zero-order chi connectivity index (χ0) is 24.1. The van der Waals surface area contributed by atoms with E-state index in [0.717, 1.165) is 35.7 Å². The lowest BCUT2D eigenvalue weighted by atomic mass is 10.0. The van der Waals surface area contributed by atoms with Crippen LogP contribution in [0.15, 0.2) is 71.6 Å². The maximum atomic E-state index is 13.4. The van der Waals surface area contributed by atoms with Gasteiger partial charge in [0.25, 0.3) is 0 Å². The lowest BCUT2D eigenvalue weighted by Gasteiger charge is -2.24. The molecule has 4 rings (SSSR count). The van der Waals surface area contributed by atoms with E-state index in [1.54, 1.807) is 18.9 Å². The van der Waals surface area contributed by atoms with Crippen molar-refractivity contribution >= 4 is 17.7 Å². The number of nitrogens with one attached hydrogen (secondary N) is 1. The molecular weight excluding hydrogens is 447 g/mol. The molecule has 34 heavy (non-hydrogen) atoms. The maximum absolute atomic E-state index is 13.4. The number of ether oxygens (including phenoxy) is 1. The van der Waals surface area contributed by atoms with Gasteiger partial charge in [0.1, 0.15) is 11.6 Å². The van der Waals surface area contributed by atoms with Crippen LogP contribution in [0.25, 0.3) is 0 Å². The number of hydrogen-bond acceptors (Lipinski definition) is 4. The number of hydrogen-bond donors (Lipinski definition) is 1. The number of para-hydroxylation sites is 1. The molecule has 0 aromatic heterocycles. The molecule has 0 aliphatic carbocycles. The van der Waals surface area contributed by atoms with Crippen LogP contribution in [0.5, 0.6) is 5.75 Å². The van der Waals surface area contributed by atoms with Crippen LogP contribution in [0.3, 0.4) is 0 Å². The largest absolute Gasteiger partial charge is 0.496 e. The van der Waals surface area contributed by atoms with Crippen molar-refractivity contribution in [3.8, 4) is 5.75 Å². The Morgan fingerprint density at radius 1 is 1.09 bits per heavy atom. The van der Waals surface area contributed by atoms with Crippen LogP contribution in [-0.2, 0) is 17.9 Å². The van der Waals surface area contributed by atoms with E-state index in [-0.39, 0.29) is 23.0 Å². The first-order chi connectivity index (χ1) is 16.4. The zero-order valence-electron chi connectivity index (χ0n) is 19.9. The van der Waals surface area contributed by atoms with Gasteiger partial charge >= 0.3 is 0 Å². The van der Waals surface area contributed by atoms with Gasteiger partial charge < -0.3 is 10.1 Å². The van der Waals surface area contributed by atoms with Crippen molar-refractivity contribution in [2.45, 2.75) is 49.5 Å². The van der Waals surface area contributed by atoms with Gasteiger partial charge in [-0.3, -0.25) is 9.69 Å². The second-order valence-corrected chi connectivity index (χ2v) is 10.2. The van der Waals surface area contributed by atoms with E-state index in [4.69, 9.17) is 4.74 Å². The molecule has 0 unspecified atom stereocenters. The Labute approximate surface area is 205 Å². The van der Waals surface area contributed by atoms with E-state index >= 15 is 0 Å². The number of aryl methyl sites for hydroxylation is 2. The van der Waals surface area contributed by atoms with Crippen LogP contribution in [0.4, 0.5) is 4.39 Å². The van der Waals surface area contributed by atoms with Gasteiger partial charge in [-0.1, -0.05) is 42.0 Å². The first-order valence-corrected chi connectivity index (χ1v) is 12.4. The molecule has 2 atom stereocenters. The monoisotopic (exact) mass is 478 g/mol. The van der Waals surface area contributed by atoms with Gasteiger partial charge in [0.15, 0.2) is 0 Å². The molecule has 4 nitrogen and oxygen atoms in total. The summed E-state index contributed by atoms with van der Waals surface area (Å²) < 4.78 is 18.8. The van der Waals surface area contributed by atoms with Gasteiger partial charge in [-0.05, 0) is 61.7 Å². The fourth-order valence-electron chi connectivity index (χ4n) is 4.44. The highest BCUT2D eigenvalue weighted by Crippen LogP contribution is 2.34. The van der Waals surface area contributed by atoms with Crippen molar-refractivity contribution in [1.29, 1.82) is 0 Å². The summed E-state index contributed by atoms with van der Waals surface area (Å²) in [4.78, 5) is 16.7. The molecule has 3 aromatic carbocycles. The summed E-state index contributed by atoms with van der Waals surface area (Å²) in [5.74, 6) is 0.561. The molecule has 6 heteroatoms.